The zero-order valence-corrected chi connectivity index (χ0v) is 26.6. The van der Waals surface area contributed by atoms with Crippen molar-refractivity contribution in [2.45, 2.75) is 75.7 Å². The summed E-state index contributed by atoms with van der Waals surface area (Å²) in [7, 11) is 3.28. The average molecular weight is 641 g/mol. The summed E-state index contributed by atoms with van der Waals surface area (Å²) in [4.78, 5) is 31.5. The standard InChI is InChI=1S/C26H27ClFN5O3.C7H12FN/c1-5-20(35)33-9-8-19(13(33)2)32(3)25-17-12-29-23(22(28)24(17)30-26(31-25)36-4)16-10-15(34)11-18(27)21(16)14-6-7-14;8-6-4-7-2-1-3-9(7)5-6/h5,10-14,19,34H,1,6-9H2,2-4H3;6-7H,1-5H2. The summed E-state index contributed by atoms with van der Waals surface area (Å²) >= 11 is 6.44. The third kappa shape index (κ3) is 6.04. The number of anilines is 1. The summed E-state index contributed by atoms with van der Waals surface area (Å²) in [6.07, 6.45) is 8.27. The van der Waals surface area contributed by atoms with E-state index in [1.165, 1.54) is 38.2 Å². The lowest BCUT2D eigenvalue weighted by atomic mass is 9.98. The number of ether oxygens (including phenoxy) is 1. The van der Waals surface area contributed by atoms with Gasteiger partial charge in [-0.1, -0.05) is 18.2 Å². The number of hydrogen-bond acceptors (Lipinski definition) is 8. The first kappa shape index (κ1) is 31.4. The van der Waals surface area contributed by atoms with Crippen LogP contribution in [0.4, 0.5) is 14.6 Å². The molecule has 9 nitrogen and oxygen atoms in total. The van der Waals surface area contributed by atoms with Crippen molar-refractivity contribution in [3.63, 3.8) is 0 Å². The van der Waals surface area contributed by atoms with Crippen molar-refractivity contribution < 1.29 is 23.4 Å². The number of phenols is 1. The Morgan fingerprint density at radius 3 is 2.69 bits per heavy atom. The zero-order valence-electron chi connectivity index (χ0n) is 25.8. The van der Waals surface area contributed by atoms with Gasteiger partial charge in [-0.25, -0.2) is 8.78 Å². The van der Waals surface area contributed by atoms with Crippen molar-refractivity contribution in [1.29, 1.82) is 0 Å². The number of phenolic OH excluding ortho intramolecular Hbond substituents is 1. The first-order valence-electron chi connectivity index (χ1n) is 15.6. The van der Waals surface area contributed by atoms with Crippen molar-refractivity contribution in [3.05, 3.63) is 47.4 Å². The largest absolute Gasteiger partial charge is 0.508 e. The first-order chi connectivity index (χ1) is 21.6. The van der Waals surface area contributed by atoms with Crippen LogP contribution in [0.1, 0.15) is 56.9 Å². The number of hydrogen-bond donors (Lipinski definition) is 1. The maximum Gasteiger partial charge on any atom is 0.318 e. The van der Waals surface area contributed by atoms with Gasteiger partial charge in [0.25, 0.3) is 0 Å². The number of carbonyl (C=O) groups excluding carboxylic acids is 1. The Morgan fingerprint density at radius 2 is 2.00 bits per heavy atom. The second-order valence-corrected chi connectivity index (χ2v) is 12.9. The number of likely N-dealkylation sites (N-methyl/N-ethyl adjacent to an activating group) is 1. The highest BCUT2D eigenvalue weighted by atomic mass is 35.5. The molecular formula is C33H39ClF2N6O3. The number of rotatable bonds is 6. The molecule has 1 saturated carbocycles. The molecule has 1 aliphatic carbocycles. The average Bonchev–Trinajstić information content (AvgIpc) is 3.48. The van der Waals surface area contributed by atoms with E-state index in [1.54, 1.807) is 11.1 Å². The number of aromatic nitrogens is 3. The number of pyridine rings is 1. The Labute approximate surface area is 266 Å². The molecule has 240 valence electrons. The van der Waals surface area contributed by atoms with E-state index in [9.17, 15) is 14.3 Å². The number of carbonyl (C=O) groups is 1. The quantitative estimate of drug-likeness (QED) is 0.334. The van der Waals surface area contributed by atoms with Gasteiger partial charge in [0.05, 0.1) is 18.5 Å². The Morgan fingerprint density at radius 1 is 1.22 bits per heavy atom. The highest BCUT2D eigenvalue weighted by Crippen LogP contribution is 2.49. The van der Waals surface area contributed by atoms with E-state index < -0.39 is 12.0 Å². The number of aromatic hydroxyl groups is 1. The van der Waals surface area contributed by atoms with Crippen LogP contribution in [-0.4, -0.2) is 93.9 Å². The number of likely N-dealkylation sites (tertiary alicyclic amines) is 1. The summed E-state index contributed by atoms with van der Waals surface area (Å²) < 4.78 is 34.0. The molecule has 12 heteroatoms. The highest BCUT2D eigenvalue weighted by Gasteiger charge is 2.37. The fourth-order valence-electron chi connectivity index (χ4n) is 7.21. The van der Waals surface area contributed by atoms with Gasteiger partial charge in [-0.05, 0) is 81.7 Å². The fourth-order valence-corrected chi connectivity index (χ4v) is 7.58. The molecular weight excluding hydrogens is 602 g/mol. The van der Waals surface area contributed by atoms with Crippen LogP contribution in [0, 0.1) is 5.82 Å². The molecule has 4 unspecified atom stereocenters. The SMILES string of the molecule is C=CC(=O)N1CCC(N(C)c2nc(OC)nc3c(F)c(-c4cc(O)cc(Cl)c4C4CC4)ncc23)C1C.FC1CC2CCCN2C1. The minimum Gasteiger partial charge on any atom is -0.508 e. The molecule has 3 aliphatic heterocycles. The Balaban J connectivity index is 0.000000337. The third-order valence-electron chi connectivity index (χ3n) is 9.64. The molecule has 4 atom stereocenters. The van der Waals surface area contributed by atoms with Crippen molar-refractivity contribution >= 4 is 34.2 Å². The number of fused-ring (bicyclic) bond motifs is 2. The van der Waals surface area contributed by atoms with Crippen LogP contribution in [0.25, 0.3) is 22.2 Å². The minimum atomic E-state index is -0.644. The number of benzene rings is 1. The molecule has 4 fully saturated rings. The fraction of sp³-hybridized carbons (Fsp3) is 0.515. The smallest absolute Gasteiger partial charge is 0.318 e. The van der Waals surface area contributed by atoms with Gasteiger partial charge < -0.3 is 19.6 Å². The van der Waals surface area contributed by atoms with Crippen molar-refractivity contribution in [1.82, 2.24) is 24.8 Å². The topological polar surface area (TPSA) is 94.9 Å². The van der Waals surface area contributed by atoms with Crippen LogP contribution in [0.3, 0.4) is 0 Å². The van der Waals surface area contributed by atoms with Crippen LogP contribution >= 0.6 is 11.6 Å². The van der Waals surface area contributed by atoms with Crippen LogP contribution in [0.2, 0.25) is 5.02 Å². The first-order valence-corrected chi connectivity index (χ1v) is 16.0. The van der Waals surface area contributed by atoms with E-state index in [-0.39, 0.29) is 46.9 Å². The lowest BCUT2D eigenvalue weighted by Gasteiger charge is -2.31. The summed E-state index contributed by atoms with van der Waals surface area (Å²) in [5.41, 5.74) is 1.36. The molecule has 0 radical (unpaired) electrons. The van der Waals surface area contributed by atoms with E-state index >= 15 is 4.39 Å². The molecule has 0 bridgehead atoms. The monoisotopic (exact) mass is 640 g/mol. The van der Waals surface area contributed by atoms with Gasteiger partial charge in [0.15, 0.2) is 5.82 Å². The maximum atomic E-state index is 16.1. The number of methoxy groups -OCH3 is 1. The van der Waals surface area contributed by atoms with E-state index in [4.69, 9.17) is 16.3 Å². The van der Waals surface area contributed by atoms with E-state index in [1.807, 2.05) is 18.9 Å². The summed E-state index contributed by atoms with van der Waals surface area (Å²) in [6, 6.07) is 3.42. The Bertz CT molecular complexity index is 1610. The second kappa shape index (κ2) is 12.7. The lowest BCUT2D eigenvalue weighted by molar-refractivity contribution is -0.126. The second-order valence-electron chi connectivity index (χ2n) is 12.4. The van der Waals surface area contributed by atoms with Gasteiger partial charge in [0.2, 0.25) is 5.91 Å². The molecule has 7 rings (SSSR count). The molecule has 2 aromatic heterocycles. The summed E-state index contributed by atoms with van der Waals surface area (Å²) in [5.74, 6) is -0.172. The van der Waals surface area contributed by atoms with Crippen molar-refractivity contribution in [2.24, 2.45) is 0 Å². The number of alkyl halides is 1. The van der Waals surface area contributed by atoms with Gasteiger partial charge in [0, 0.05) is 49.0 Å². The van der Waals surface area contributed by atoms with E-state index in [0.717, 1.165) is 31.4 Å². The molecule has 5 heterocycles. The minimum absolute atomic E-state index is 0.0152. The molecule has 45 heavy (non-hydrogen) atoms. The van der Waals surface area contributed by atoms with E-state index in [2.05, 4.69) is 26.4 Å². The normalized spacial score (nSPS) is 24.4. The molecule has 3 aromatic rings. The highest BCUT2D eigenvalue weighted by molar-refractivity contribution is 6.32. The molecule has 1 aromatic carbocycles. The van der Waals surface area contributed by atoms with Crippen molar-refractivity contribution in [3.8, 4) is 23.0 Å². The molecule has 4 aliphatic rings. The van der Waals surface area contributed by atoms with Gasteiger partial charge in [-0.2, -0.15) is 9.97 Å². The molecule has 1 amide bonds. The Hall–Kier alpha value is -3.57. The van der Waals surface area contributed by atoms with Gasteiger partial charge in [-0.15, -0.1) is 0 Å². The molecule has 0 spiro atoms. The number of nitrogens with zero attached hydrogens (tertiary/aromatic N) is 6. The predicted octanol–water partition coefficient (Wildman–Crippen LogP) is 5.88. The predicted molar refractivity (Wildman–Crippen MR) is 170 cm³/mol. The third-order valence-corrected chi connectivity index (χ3v) is 9.96. The van der Waals surface area contributed by atoms with Crippen LogP contribution < -0.4 is 9.64 Å². The number of amides is 1. The van der Waals surface area contributed by atoms with Crippen molar-refractivity contribution in [2.75, 3.05) is 38.7 Å². The van der Waals surface area contributed by atoms with E-state index in [0.29, 0.717) is 47.3 Å². The summed E-state index contributed by atoms with van der Waals surface area (Å²) in [6.45, 7) is 8.00. The van der Waals surface area contributed by atoms with Crippen LogP contribution in [0.5, 0.6) is 11.8 Å². The lowest BCUT2D eigenvalue weighted by Crippen LogP contribution is -2.43. The Kier molecular flexibility index (Phi) is 8.85. The van der Waals surface area contributed by atoms with Crippen LogP contribution in [-0.2, 0) is 4.79 Å². The maximum absolute atomic E-state index is 16.1. The zero-order chi connectivity index (χ0) is 32.0. The summed E-state index contributed by atoms with van der Waals surface area (Å²) in [5, 5.41) is 11.0. The van der Waals surface area contributed by atoms with Gasteiger partial charge >= 0.3 is 6.01 Å². The van der Waals surface area contributed by atoms with Gasteiger partial charge in [0.1, 0.15) is 28.9 Å². The molecule has 1 N–H and O–H groups in total. The molecule has 3 saturated heterocycles. The van der Waals surface area contributed by atoms with Crippen LogP contribution in [0.15, 0.2) is 31.0 Å². The van der Waals surface area contributed by atoms with Gasteiger partial charge in [-0.3, -0.25) is 14.7 Å². The number of halogens is 3.